The third-order valence-corrected chi connectivity index (χ3v) is 7.62. The van der Waals surface area contributed by atoms with E-state index in [2.05, 4.69) is 63.9 Å². The zero-order chi connectivity index (χ0) is 27.0. The first-order chi connectivity index (χ1) is 18.0. The number of anilines is 3. The first kappa shape index (κ1) is 26.1. The number of nitrogens with one attached hydrogen (secondary N) is 2. The van der Waals surface area contributed by atoms with Gasteiger partial charge in [0.1, 0.15) is 11.5 Å². The van der Waals surface area contributed by atoms with Crippen molar-refractivity contribution in [1.82, 2.24) is 24.8 Å². The molecule has 0 bridgehead atoms. The summed E-state index contributed by atoms with van der Waals surface area (Å²) < 4.78 is 25.4. The fourth-order valence-electron chi connectivity index (χ4n) is 5.40. The van der Waals surface area contributed by atoms with Crippen LogP contribution in [0.5, 0.6) is 0 Å². The third-order valence-electron chi connectivity index (χ3n) is 7.04. The molecule has 11 heteroatoms. The average molecular weight is 536 g/mol. The number of sulfonamides is 1. The lowest BCUT2D eigenvalue weighted by Gasteiger charge is -2.41. The number of aromatic nitrogens is 3. The molecule has 2 atom stereocenters. The van der Waals surface area contributed by atoms with E-state index in [-0.39, 0.29) is 23.5 Å². The summed E-state index contributed by atoms with van der Waals surface area (Å²) in [5.74, 6) is 0.554. The molecular formula is C27H33N7O3S. The van der Waals surface area contributed by atoms with E-state index in [0.717, 1.165) is 49.1 Å². The summed E-state index contributed by atoms with van der Waals surface area (Å²) in [5.41, 5.74) is 5.77. The van der Waals surface area contributed by atoms with Crippen molar-refractivity contribution in [2.75, 3.05) is 22.8 Å². The number of fused-ring (bicyclic) bond motifs is 1. The highest BCUT2D eigenvalue weighted by atomic mass is 32.2. The van der Waals surface area contributed by atoms with Gasteiger partial charge in [-0.25, -0.2) is 23.4 Å². The minimum atomic E-state index is -3.47. The van der Waals surface area contributed by atoms with E-state index in [9.17, 15) is 13.2 Å². The van der Waals surface area contributed by atoms with Gasteiger partial charge in [0.05, 0.1) is 11.9 Å². The molecule has 10 nitrogen and oxygen atoms in total. The molecule has 1 amide bonds. The second kappa shape index (κ2) is 10.3. The number of hydrogen-bond acceptors (Lipinski definition) is 8. The molecule has 0 aliphatic carbocycles. The highest BCUT2D eigenvalue weighted by molar-refractivity contribution is 7.92. The highest BCUT2D eigenvalue weighted by Crippen LogP contribution is 2.31. The Balaban J connectivity index is 1.21. The summed E-state index contributed by atoms with van der Waals surface area (Å²) >= 11 is 0. The van der Waals surface area contributed by atoms with Gasteiger partial charge in [-0.2, -0.15) is 0 Å². The van der Waals surface area contributed by atoms with Gasteiger partial charge < -0.3 is 10.2 Å². The van der Waals surface area contributed by atoms with Gasteiger partial charge in [0, 0.05) is 49.2 Å². The van der Waals surface area contributed by atoms with Crippen LogP contribution in [0.3, 0.4) is 0 Å². The number of aryl methyl sites for hydroxylation is 2. The minimum absolute atomic E-state index is 0.0196. The SMILES string of the molecule is Cc1cc(C)cc(Nc2ncc3c(n2)CN([C@@H]2CCN(C(=O)c4cccc(NS(C)(=O)=O)n4)[C@H](C)C2)C3)c1. The molecule has 0 spiro atoms. The fourth-order valence-corrected chi connectivity index (χ4v) is 5.89. The summed E-state index contributed by atoms with van der Waals surface area (Å²) in [6.45, 7) is 8.36. The number of carbonyl (C=O) groups excluding carboxylic acids is 1. The molecule has 2 N–H and O–H groups in total. The van der Waals surface area contributed by atoms with Crippen molar-refractivity contribution in [3.05, 3.63) is 70.7 Å². The summed E-state index contributed by atoms with van der Waals surface area (Å²) in [6, 6.07) is 11.4. The van der Waals surface area contributed by atoms with Crippen LogP contribution in [-0.2, 0) is 23.1 Å². The van der Waals surface area contributed by atoms with Crippen LogP contribution < -0.4 is 10.0 Å². The van der Waals surface area contributed by atoms with Crippen LogP contribution in [0.2, 0.25) is 0 Å². The smallest absolute Gasteiger partial charge is 0.272 e. The zero-order valence-electron chi connectivity index (χ0n) is 22.1. The standard InChI is InChI=1S/C27H33N7O3S/c1-17-10-18(2)12-21(11-17)29-27-28-14-20-15-33(16-24(20)31-27)22-8-9-34(19(3)13-22)26(35)23-6-5-7-25(30-23)32-38(4,36)37/h5-7,10-12,14,19,22H,8-9,13,15-16H2,1-4H3,(H,30,32)(H,28,29,31)/t19-,22-/m1/s1. The maximum absolute atomic E-state index is 13.2. The molecule has 2 aliphatic heterocycles. The highest BCUT2D eigenvalue weighted by Gasteiger charge is 2.35. The normalized spacial score (nSPS) is 19.7. The number of pyridine rings is 1. The molecule has 1 aromatic carbocycles. The van der Waals surface area contributed by atoms with Crippen LogP contribution in [0, 0.1) is 13.8 Å². The Morgan fingerprint density at radius 1 is 1.08 bits per heavy atom. The van der Waals surface area contributed by atoms with Gasteiger partial charge >= 0.3 is 0 Å². The van der Waals surface area contributed by atoms with Crippen molar-refractivity contribution < 1.29 is 13.2 Å². The second-order valence-corrected chi connectivity index (χ2v) is 12.1. The Morgan fingerprint density at radius 3 is 2.55 bits per heavy atom. The minimum Gasteiger partial charge on any atom is -0.334 e. The molecule has 0 unspecified atom stereocenters. The van der Waals surface area contributed by atoms with Gasteiger partial charge in [0.25, 0.3) is 5.91 Å². The topological polar surface area (TPSA) is 120 Å². The van der Waals surface area contributed by atoms with E-state index >= 15 is 0 Å². The lowest BCUT2D eigenvalue weighted by atomic mass is 9.96. The van der Waals surface area contributed by atoms with Crippen LogP contribution in [-0.4, -0.2) is 64.0 Å². The first-order valence-corrected chi connectivity index (χ1v) is 14.6. The first-order valence-electron chi connectivity index (χ1n) is 12.7. The summed E-state index contributed by atoms with van der Waals surface area (Å²) in [7, 11) is -3.47. The van der Waals surface area contributed by atoms with Crippen LogP contribution >= 0.6 is 0 Å². The number of nitrogens with zero attached hydrogens (tertiary/aromatic N) is 5. The Bertz CT molecular complexity index is 1460. The van der Waals surface area contributed by atoms with Gasteiger partial charge in [-0.15, -0.1) is 0 Å². The van der Waals surface area contributed by atoms with Gasteiger partial charge in [-0.1, -0.05) is 12.1 Å². The number of piperidine rings is 1. The second-order valence-electron chi connectivity index (χ2n) is 10.4. The van der Waals surface area contributed by atoms with E-state index in [0.29, 0.717) is 18.5 Å². The molecule has 5 rings (SSSR count). The molecule has 38 heavy (non-hydrogen) atoms. The Hall–Kier alpha value is -3.57. The zero-order valence-corrected chi connectivity index (χ0v) is 22.9. The molecule has 1 saturated heterocycles. The van der Waals surface area contributed by atoms with E-state index < -0.39 is 10.0 Å². The maximum Gasteiger partial charge on any atom is 0.272 e. The summed E-state index contributed by atoms with van der Waals surface area (Å²) in [5, 5.41) is 3.34. The van der Waals surface area contributed by atoms with Crippen molar-refractivity contribution >= 4 is 33.4 Å². The van der Waals surface area contributed by atoms with Crippen LogP contribution in [0.1, 0.15) is 52.6 Å². The summed E-state index contributed by atoms with van der Waals surface area (Å²) in [6.07, 6.45) is 4.65. The molecular weight excluding hydrogens is 502 g/mol. The van der Waals surface area contributed by atoms with Crippen LogP contribution in [0.15, 0.2) is 42.6 Å². The van der Waals surface area contributed by atoms with E-state index in [4.69, 9.17) is 4.98 Å². The number of carbonyl (C=O) groups is 1. The molecule has 3 aromatic rings. The maximum atomic E-state index is 13.2. The molecule has 0 saturated carbocycles. The van der Waals surface area contributed by atoms with E-state index in [1.165, 1.54) is 17.2 Å². The van der Waals surface area contributed by atoms with Gasteiger partial charge in [-0.3, -0.25) is 14.4 Å². The number of hydrogen-bond donors (Lipinski definition) is 2. The number of rotatable bonds is 6. The van der Waals surface area contributed by atoms with E-state index in [1.807, 2.05) is 11.1 Å². The van der Waals surface area contributed by atoms with E-state index in [1.54, 1.807) is 12.1 Å². The number of likely N-dealkylation sites (tertiary alicyclic amines) is 1. The fraction of sp³-hybridized carbons (Fsp3) is 0.407. The average Bonchev–Trinajstić information content (AvgIpc) is 3.25. The third kappa shape index (κ3) is 5.94. The Kier molecular flexibility index (Phi) is 7.06. The number of amides is 1. The van der Waals surface area contributed by atoms with Crippen molar-refractivity contribution in [2.24, 2.45) is 0 Å². The summed E-state index contributed by atoms with van der Waals surface area (Å²) in [4.78, 5) is 31.0. The van der Waals surface area contributed by atoms with Crippen molar-refractivity contribution in [2.45, 2.75) is 58.8 Å². The Morgan fingerprint density at radius 2 is 1.84 bits per heavy atom. The Labute approximate surface area is 223 Å². The lowest BCUT2D eigenvalue weighted by Crippen LogP contribution is -2.50. The molecule has 2 aliphatic rings. The quantitative estimate of drug-likeness (QED) is 0.491. The predicted molar refractivity (Wildman–Crippen MR) is 147 cm³/mol. The molecule has 4 heterocycles. The van der Waals surface area contributed by atoms with Crippen molar-refractivity contribution in [1.29, 1.82) is 0 Å². The lowest BCUT2D eigenvalue weighted by molar-refractivity contribution is 0.0455. The van der Waals surface area contributed by atoms with Crippen molar-refractivity contribution in [3.8, 4) is 0 Å². The van der Waals surface area contributed by atoms with Crippen LogP contribution in [0.25, 0.3) is 0 Å². The molecule has 2 aromatic heterocycles. The monoisotopic (exact) mass is 535 g/mol. The largest absolute Gasteiger partial charge is 0.334 e. The van der Waals surface area contributed by atoms with Crippen molar-refractivity contribution in [3.63, 3.8) is 0 Å². The van der Waals surface area contributed by atoms with Gasteiger partial charge in [0.15, 0.2) is 0 Å². The van der Waals surface area contributed by atoms with Gasteiger partial charge in [0.2, 0.25) is 16.0 Å². The molecule has 1 fully saturated rings. The van der Waals surface area contributed by atoms with Gasteiger partial charge in [-0.05, 0) is 69.0 Å². The molecule has 0 radical (unpaired) electrons. The molecule has 200 valence electrons. The van der Waals surface area contributed by atoms with Crippen LogP contribution in [0.4, 0.5) is 17.5 Å². The predicted octanol–water partition coefficient (Wildman–Crippen LogP) is 3.61. The number of benzene rings is 1.